The topological polar surface area (TPSA) is 9.23 Å². The van der Waals surface area contributed by atoms with Crippen molar-refractivity contribution in [2.45, 2.75) is 0 Å². The predicted octanol–water partition coefficient (Wildman–Crippen LogP) is 0.334. The Bertz CT molecular complexity index is 10.0. The van der Waals surface area contributed by atoms with Crippen molar-refractivity contribution in [3.8, 4) is 0 Å². The minimum atomic E-state index is 0.789. The Balaban J connectivity index is 1.97. The molecule has 0 amide bonds. The normalized spacial score (nSPS) is 6.50. The minimum absolute atomic E-state index is 0.789. The van der Waals surface area contributed by atoms with E-state index in [4.69, 9.17) is 0 Å². The lowest BCUT2D eigenvalue weighted by Crippen LogP contribution is -1.74. The van der Waals surface area contributed by atoms with E-state index in [1.54, 1.807) is 7.11 Å². The SMILES string of the molecule is COBI. The zero-order chi connectivity index (χ0) is 3.41. The minimum Gasteiger partial charge on any atom is -0.431 e. The van der Waals surface area contributed by atoms with Gasteiger partial charge in [-0.05, 0) is 0 Å². The van der Waals surface area contributed by atoms with Crippen LogP contribution in [0.2, 0.25) is 0 Å². The lowest BCUT2D eigenvalue weighted by atomic mass is 10.6. The lowest BCUT2D eigenvalue weighted by molar-refractivity contribution is 0.458. The molecular formula is CH4BIO. The summed E-state index contributed by atoms with van der Waals surface area (Å²) in [5, 5.41) is 0.789. The maximum Gasteiger partial charge on any atom is 0.346 e. The van der Waals surface area contributed by atoms with E-state index in [0.717, 1.165) is 5.34 Å². The molecule has 0 atom stereocenters. The van der Waals surface area contributed by atoms with Crippen molar-refractivity contribution in [2.24, 2.45) is 0 Å². The molecule has 0 aliphatic heterocycles. The molecule has 0 aliphatic carbocycles. The van der Waals surface area contributed by atoms with Crippen molar-refractivity contribution in [1.82, 2.24) is 0 Å². The lowest BCUT2D eigenvalue weighted by Gasteiger charge is -1.71. The van der Waals surface area contributed by atoms with Crippen molar-refractivity contribution in [3.05, 3.63) is 0 Å². The van der Waals surface area contributed by atoms with Gasteiger partial charge < -0.3 is 4.65 Å². The first-order chi connectivity index (χ1) is 1.91. The second kappa shape index (κ2) is 3.75. The largest absolute Gasteiger partial charge is 0.431 e. The van der Waals surface area contributed by atoms with E-state index in [9.17, 15) is 0 Å². The summed E-state index contributed by atoms with van der Waals surface area (Å²) in [6.45, 7) is 0. The fourth-order valence-electron chi connectivity index (χ4n) is 0. The molecule has 0 N–H and O–H groups in total. The van der Waals surface area contributed by atoms with Crippen LogP contribution in [0.15, 0.2) is 0 Å². The highest BCUT2D eigenvalue weighted by molar-refractivity contribution is 14.1. The first kappa shape index (κ1) is 4.75. The van der Waals surface area contributed by atoms with Gasteiger partial charge in [0.1, 0.15) is 0 Å². The molecule has 0 rings (SSSR count). The van der Waals surface area contributed by atoms with Crippen LogP contribution in [0.4, 0.5) is 0 Å². The molecule has 3 heteroatoms. The van der Waals surface area contributed by atoms with Gasteiger partial charge in [-0.1, -0.05) is 0 Å². The third kappa shape index (κ3) is 2.75. The Morgan fingerprint density at radius 3 is 2.25 bits per heavy atom. The predicted molar refractivity (Wildman–Crippen MR) is 28.2 cm³/mol. The molecule has 24 valence electrons. The van der Waals surface area contributed by atoms with Crippen LogP contribution in [-0.4, -0.2) is 12.4 Å². The van der Waals surface area contributed by atoms with Gasteiger partial charge in [-0.2, -0.15) is 0 Å². The van der Waals surface area contributed by atoms with Crippen LogP contribution in [0.5, 0.6) is 0 Å². The fraction of sp³-hybridized carbons (Fsp3) is 1.00. The van der Waals surface area contributed by atoms with Gasteiger partial charge in [0.05, 0.1) is 0 Å². The average molecular weight is 170 g/mol. The van der Waals surface area contributed by atoms with E-state index < -0.39 is 0 Å². The van der Waals surface area contributed by atoms with Crippen LogP contribution in [0.1, 0.15) is 0 Å². The molecule has 4 heavy (non-hydrogen) atoms. The maximum atomic E-state index is 4.53. The van der Waals surface area contributed by atoms with Gasteiger partial charge in [-0.3, -0.25) is 0 Å². The Morgan fingerprint density at radius 2 is 2.25 bits per heavy atom. The van der Waals surface area contributed by atoms with Crippen molar-refractivity contribution in [3.63, 3.8) is 0 Å². The molecule has 0 heterocycles. The van der Waals surface area contributed by atoms with Crippen molar-refractivity contribution < 1.29 is 4.65 Å². The number of halogens is 1. The molecule has 0 fully saturated rings. The number of hydrogen-bond donors (Lipinski definition) is 0. The summed E-state index contributed by atoms with van der Waals surface area (Å²) in [6, 6.07) is 0. The molecular weight excluding hydrogens is 166 g/mol. The van der Waals surface area contributed by atoms with Crippen LogP contribution in [0, 0.1) is 0 Å². The van der Waals surface area contributed by atoms with Crippen molar-refractivity contribution in [1.29, 1.82) is 0 Å². The highest BCUT2D eigenvalue weighted by atomic mass is 127. The fourth-order valence-corrected chi connectivity index (χ4v) is 0. The Kier molecular flexibility index (Phi) is 4.46. The van der Waals surface area contributed by atoms with E-state index in [1.807, 2.05) is 0 Å². The Hall–Kier alpha value is 0.755. The molecule has 0 aromatic heterocycles. The van der Waals surface area contributed by atoms with Crippen LogP contribution < -0.4 is 0 Å². The molecule has 0 aromatic carbocycles. The maximum absolute atomic E-state index is 4.53. The third-order valence-electron chi connectivity index (χ3n) is 0.109. The van der Waals surface area contributed by atoms with Crippen LogP contribution in [-0.2, 0) is 4.65 Å². The number of rotatable bonds is 1. The second-order valence-corrected chi connectivity index (χ2v) is 1.02. The summed E-state index contributed by atoms with van der Waals surface area (Å²) in [7, 11) is 1.67. The van der Waals surface area contributed by atoms with E-state index in [1.165, 1.54) is 0 Å². The van der Waals surface area contributed by atoms with Crippen molar-refractivity contribution in [2.75, 3.05) is 7.11 Å². The van der Waals surface area contributed by atoms with Crippen LogP contribution in [0.3, 0.4) is 0 Å². The van der Waals surface area contributed by atoms with Gasteiger partial charge in [0, 0.05) is 7.11 Å². The molecule has 0 aromatic rings. The summed E-state index contributed by atoms with van der Waals surface area (Å²) in [4.78, 5) is 0. The van der Waals surface area contributed by atoms with Crippen molar-refractivity contribution >= 4 is 27.7 Å². The molecule has 0 unspecified atom stereocenters. The van der Waals surface area contributed by atoms with E-state index in [0.29, 0.717) is 0 Å². The van der Waals surface area contributed by atoms with Gasteiger partial charge >= 0.3 is 5.34 Å². The van der Waals surface area contributed by atoms with Gasteiger partial charge in [0.25, 0.3) is 0 Å². The highest BCUT2D eigenvalue weighted by Crippen LogP contribution is 1.69. The first-order valence-electron chi connectivity index (χ1n) is 0.964. The molecule has 0 bridgehead atoms. The zero-order valence-corrected chi connectivity index (χ0v) is 4.65. The number of hydrogen-bond acceptors (Lipinski definition) is 1. The van der Waals surface area contributed by atoms with Crippen LogP contribution >= 0.6 is 22.4 Å². The summed E-state index contributed by atoms with van der Waals surface area (Å²) >= 11 is 2.13. The molecule has 0 spiro atoms. The average Bonchev–Trinajstić information content (AvgIpc) is 1.37. The molecule has 0 radical (unpaired) electrons. The summed E-state index contributed by atoms with van der Waals surface area (Å²) < 4.78 is 4.53. The summed E-state index contributed by atoms with van der Waals surface area (Å²) in [5.41, 5.74) is 0. The Morgan fingerprint density at radius 1 is 2.00 bits per heavy atom. The summed E-state index contributed by atoms with van der Waals surface area (Å²) in [5.74, 6) is 0. The molecule has 0 saturated carbocycles. The third-order valence-corrected chi connectivity index (χ3v) is 0.732. The van der Waals surface area contributed by atoms with Crippen LogP contribution in [0.25, 0.3) is 0 Å². The van der Waals surface area contributed by atoms with Gasteiger partial charge in [0.15, 0.2) is 0 Å². The molecule has 0 aliphatic rings. The van der Waals surface area contributed by atoms with Gasteiger partial charge in [-0.15, -0.1) is 22.4 Å². The smallest absolute Gasteiger partial charge is 0.346 e. The monoisotopic (exact) mass is 170 g/mol. The quantitative estimate of drug-likeness (QED) is 0.407. The molecule has 1 nitrogen and oxygen atoms in total. The summed E-state index contributed by atoms with van der Waals surface area (Å²) in [6.07, 6.45) is 0. The Labute approximate surface area is 39.9 Å². The standard InChI is InChI=1S/CH4BIO/c1-4-2-3/h2H,1H3. The van der Waals surface area contributed by atoms with Gasteiger partial charge in [-0.25, -0.2) is 0 Å². The van der Waals surface area contributed by atoms with E-state index in [-0.39, 0.29) is 0 Å². The molecule has 0 saturated heterocycles. The van der Waals surface area contributed by atoms with Gasteiger partial charge in [0.2, 0.25) is 0 Å². The van der Waals surface area contributed by atoms with E-state index in [2.05, 4.69) is 27.0 Å². The zero-order valence-electron chi connectivity index (χ0n) is 2.49. The highest BCUT2D eigenvalue weighted by Gasteiger charge is 1.62. The van der Waals surface area contributed by atoms with E-state index >= 15 is 0 Å². The first-order valence-corrected chi connectivity index (χ1v) is 2.49. The second-order valence-electron chi connectivity index (χ2n) is 0.398.